The van der Waals surface area contributed by atoms with E-state index in [1.807, 2.05) is 0 Å². The van der Waals surface area contributed by atoms with Crippen molar-refractivity contribution >= 4 is 11.8 Å². The third kappa shape index (κ3) is 2.45. The van der Waals surface area contributed by atoms with Crippen LogP contribution in [0.1, 0.15) is 29.8 Å². The van der Waals surface area contributed by atoms with E-state index in [2.05, 4.69) is 4.74 Å². The molecular formula is C12H13FO3. The fourth-order valence-electron chi connectivity index (χ4n) is 1.44. The predicted octanol–water partition coefficient (Wildman–Crippen LogP) is 2.13. The molecule has 0 amide bonds. The fraction of sp³-hybridized carbons (Fsp3) is 0.333. The van der Waals surface area contributed by atoms with Crippen molar-refractivity contribution in [3.63, 3.8) is 0 Å². The van der Waals surface area contributed by atoms with Gasteiger partial charge < -0.3 is 4.74 Å². The zero-order valence-corrected chi connectivity index (χ0v) is 9.25. The number of Topliss-reactive ketones (excluding diaryl/α,β-unsaturated/α-hetero) is 1. The van der Waals surface area contributed by atoms with Gasteiger partial charge in [0, 0.05) is 5.56 Å². The minimum atomic E-state index is -0.942. The van der Waals surface area contributed by atoms with Crippen molar-refractivity contribution in [2.24, 2.45) is 0 Å². The lowest BCUT2D eigenvalue weighted by Crippen LogP contribution is -2.19. The SMILES string of the molecule is CCOC(=O)C(=O)c1cccc(F)c1CC. The van der Waals surface area contributed by atoms with Crippen LogP contribution in [0, 0.1) is 5.82 Å². The van der Waals surface area contributed by atoms with E-state index in [9.17, 15) is 14.0 Å². The van der Waals surface area contributed by atoms with Crippen LogP contribution in [-0.4, -0.2) is 18.4 Å². The van der Waals surface area contributed by atoms with E-state index in [-0.39, 0.29) is 17.7 Å². The highest BCUT2D eigenvalue weighted by Crippen LogP contribution is 2.15. The summed E-state index contributed by atoms with van der Waals surface area (Å²) in [4.78, 5) is 22.9. The summed E-state index contributed by atoms with van der Waals surface area (Å²) in [5, 5.41) is 0. The molecular weight excluding hydrogens is 211 g/mol. The molecule has 0 atom stereocenters. The van der Waals surface area contributed by atoms with Gasteiger partial charge in [-0.2, -0.15) is 0 Å². The molecule has 0 radical (unpaired) electrons. The van der Waals surface area contributed by atoms with Crippen molar-refractivity contribution in [3.05, 3.63) is 35.1 Å². The molecule has 86 valence electrons. The number of ketones is 1. The summed E-state index contributed by atoms with van der Waals surface area (Å²) in [7, 11) is 0. The Morgan fingerprint density at radius 3 is 2.56 bits per heavy atom. The Balaban J connectivity index is 3.08. The molecule has 4 heteroatoms. The Morgan fingerprint density at radius 1 is 1.31 bits per heavy atom. The molecule has 0 spiro atoms. The van der Waals surface area contributed by atoms with Crippen molar-refractivity contribution in [1.29, 1.82) is 0 Å². The van der Waals surface area contributed by atoms with Gasteiger partial charge in [0.15, 0.2) is 0 Å². The maximum Gasteiger partial charge on any atom is 0.379 e. The van der Waals surface area contributed by atoms with E-state index in [1.54, 1.807) is 13.8 Å². The van der Waals surface area contributed by atoms with Gasteiger partial charge in [0.05, 0.1) is 6.61 Å². The van der Waals surface area contributed by atoms with Gasteiger partial charge in [-0.3, -0.25) is 4.79 Å². The third-order valence-corrected chi connectivity index (χ3v) is 2.18. The van der Waals surface area contributed by atoms with Crippen LogP contribution in [-0.2, 0) is 16.0 Å². The highest BCUT2D eigenvalue weighted by atomic mass is 19.1. The number of benzene rings is 1. The van der Waals surface area contributed by atoms with E-state index >= 15 is 0 Å². The first-order valence-corrected chi connectivity index (χ1v) is 5.10. The van der Waals surface area contributed by atoms with Gasteiger partial charge in [0.1, 0.15) is 5.82 Å². The molecule has 1 aromatic carbocycles. The van der Waals surface area contributed by atoms with Gasteiger partial charge >= 0.3 is 5.97 Å². The molecule has 3 nitrogen and oxygen atoms in total. The first kappa shape index (κ1) is 12.4. The number of ether oxygens (including phenoxy) is 1. The lowest BCUT2D eigenvalue weighted by atomic mass is 10.0. The van der Waals surface area contributed by atoms with Crippen LogP contribution >= 0.6 is 0 Å². The van der Waals surface area contributed by atoms with Crippen LogP contribution < -0.4 is 0 Å². The van der Waals surface area contributed by atoms with E-state index < -0.39 is 17.6 Å². The Bertz CT molecular complexity index is 413. The fourth-order valence-corrected chi connectivity index (χ4v) is 1.44. The molecule has 1 aromatic rings. The molecule has 0 heterocycles. The molecule has 0 bridgehead atoms. The molecule has 0 aliphatic heterocycles. The van der Waals surface area contributed by atoms with Crippen LogP contribution in [0.15, 0.2) is 18.2 Å². The number of halogens is 1. The molecule has 1 rings (SSSR count). The number of carbonyl (C=O) groups excluding carboxylic acids is 2. The molecule has 0 N–H and O–H groups in total. The van der Waals surface area contributed by atoms with E-state index in [0.29, 0.717) is 6.42 Å². The number of rotatable bonds is 4. The highest BCUT2D eigenvalue weighted by Gasteiger charge is 2.21. The second kappa shape index (κ2) is 5.39. The Hall–Kier alpha value is -1.71. The smallest absolute Gasteiger partial charge is 0.379 e. The number of carbonyl (C=O) groups is 2. The zero-order chi connectivity index (χ0) is 12.1. The minimum absolute atomic E-state index is 0.0842. The predicted molar refractivity (Wildman–Crippen MR) is 56.7 cm³/mol. The number of esters is 1. The average Bonchev–Trinajstić information content (AvgIpc) is 2.28. The Kier molecular flexibility index (Phi) is 4.17. The van der Waals surface area contributed by atoms with Crippen molar-refractivity contribution in [1.82, 2.24) is 0 Å². The van der Waals surface area contributed by atoms with Gasteiger partial charge in [-0.25, -0.2) is 9.18 Å². The quantitative estimate of drug-likeness (QED) is 0.447. The van der Waals surface area contributed by atoms with Crippen LogP contribution in [0.4, 0.5) is 4.39 Å². The normalized spacial score (nSPS) is 9.94. The van der Waals surface area contributed by atoms with Crippen molar-refractivity contribution in [2.45, 2.75) is 20.3 Å². The summed E-state index contributed by atoms with van der Waals surface area (Å²) in [6, 6.07) is 4.10. The molecule has 0 unspecified atom stereocenters. The molecule has 0 aliphatic rings. The largest absolute Gasteiger partial charge is 0.460 e. The average molecular weight is 224 g/mol. The molecule has 0 aromatic heterocycles. The molecule has 16 heavy (non-hydrogen) atoms. The Labute approximate surface area is 93.2 Å². The standard InChI is InChI=1S/C12H13FO3/c1-3-8-9(6-5-7-10(8)13)11(14)12(15)16-4-2/h5-7H,3-4H2,1-2H3. The molecule has 0 aliphatic carbocycles. The van der Waals surface area contributed by atoms with E-state index in [1.165, 1.54) is 18.2 Å². The highest BCUT2D eigenvalue weighted by molar-refractivity contribution is 6.41. The minimum Gasteiger partial charge on any atom is -0.460 e. The Morgan fingerprint density at radius 2 is 2.00 bits per heavy atom. The molecule has 0 fully saturated rings. The van der Waals surface area contributed by atoms with Gasteiger partial charge in [-0.05, 0) is 25.0 Å². The van der Waals surface area contributed by atoms with Gasteiger partial charge in [-0.1, -0.05) is 19.1 Å². The van der Waals surface area contributed by atoms with Gasteiger partial charge in [0.25, 0.3) is 5.78 Å². The second-order valence-electron chi connectivity index (χ2n) is 3.17. The summed E-state index contributed by atoms with van der Waals surface area (Å²) in [6.07, 6.45) is 0.354. The van der Waals surface area contributed by atoms with Gasteiger partial charge in [-0.15, -0.1) is 0 Å². The summed E-state index contributed by atoms with van der Waals surface area (Å²) in [5.74, 6) is -2.21. The van der Waals surface area contributed by atoms with Crippen molar-refractivity contribution < 1.29 is 18.7 Å². The zero-order valence-electron chi connectivity index (χ0n) is 9.25. The third-order valence-electron chi connectivity index (χ3n) is 2.18. The lowest BCUT2D eigenvalue weighted by molar-refractivity contribution is -0.137. The maximum absolute atomic E-state index is 13.4. The summed E-state index contributed by atoms with van der Waals surface area (Å²) >= 11 is 0. The monoisotopic (exact) mass is 224 g/mol. The first-order valence-electron chi connectivity index (χ1n) is 5.10. The van der Waals surface area contributed by atoms with Crippen LogP contribution in [0.25, 0.3) is 0 Å². The number of hydrogen-bond donors (Lipinski definition) is 0. The van der Waals surface area contributed by atoms with E-state index in [0.717, 1.165) is 0 Å². The van der Waals surface area contributed by atoms with Crippen LogP contribution in [0.5, 0.6) is 0 Å². The van der Waals surface area contributed by atoms with Crippen molar-refractivity contribution in [3.8, 4) is 0 Å². The number of hydrogen-bond acceptors (Lipinski definition) is 3. The topological polar surface area (TPSA) is 43.4 Å². The summed E-state index contributed by atoms with van der Waals surface area (Å²) < 4.78 is 17.9. The van der Waals surface area contributed by atoms with Crippen molar-refractivity contribution in [2.75, 3.05) is 6.61 Å². The summed E-state index contributed by atoms with van der Waals surface area (Å²) in [6.45, 7) is 3.46. The lowest BCUT2D eigenvalue weighted by Gasteiger charge is -2.06. The first-order chi connectivity index (χ1) is 7.61. The molecule has 0 saturated carbocycles. The summed E-state index contributed by atoms with van der Waals surface area (Å²) in [5.41, 5.74) is 0.335. The van der Waals surface area contributed by atoms with Crippen LogP contribution in [0.2, 0.25) is 0 Å². The van der Waals surface area contributed by atoms with Crippen LogP contribution in [0.3, 0.4) is 0 Å². The van der Waals surface area contributed by atoms with Gasteiger partial charge in [0.2, 0.25) is 0 Å². The van der Waals surface area contributed by atoms with E-state index in [4.69, 9.17) is 0 Å². The maximum atomic E-state index is 13.4. The second-order valence-corrected chi connectivity index (χ2v) is 3.17. The molecule has 0 saturated heterocycles.